The van der Waals surface area contributed by atoms with Crippen LogP contribution >= 0.6 is 15.9 Å². The van der Waals surface area contributed by atoms with Crippen molar-refractivity contribution in [3.8, 4) is 18.1 Å². The van der Waals surface area contributed by atoms with Crippen molar-refractivity contribution in [2.75, 3.05) is 6.61 Å². The molecule has 1 rings (SSSR count). The zero-order valence-electron chi connectivity index (χ0n) is 7.59. The molecule has 0 bridgehead atoms. The van der Waals surface area contributed by atoms with Gasteiger partial charge in [-0.1, -0.05) is 0 Å². The van der Waals surface area contributed by atoms with Gasteiger partial charge >= 0.3 is 0 Å². The smallest absolute Gasteiger partial charge is 0.133 e. The van der Waals surface area contributed by atoms with Crippen LogP contribution in [0, 0.1) is 18.2 Å². The highest BCUT2D eigenvalue weighted by atomic mass is 79.9. The second-order valence-corrected chi connectivity index (χ2v) is 3.59. The molecule has 0 aliphatic carbocycles. The van der Waals surface area contributed by atoms with Crippen molar-refractivity contribution in [1.29, 1.82) is 0 Å². The lowest BCUT2D eigenvalue weighted by Gasteiger charge is -2.06. The van der Waals surface area contributed by atoms with E-state index in [2.05, 4.69) is 21.9 Å². The van der Waals surface area contributed by atoms with E-state index < -0.39 is 0 Å². The fourth-order valence-corrected chi connectivity index (χ4v) is 1.41. The van der Waals surface area contributed by atoms with Crippen LogP contribution in [0.15, 0.2) is 22.7 Å². The van der Waals surface area contributed by atoms with Gasteiger partial charge in [0.25, 0.3) is 0 Å². The predicted octanol–water partition coefficient (Wildman–Crippen LogP) is 3.38. The van der Waals surface area contributed by atoms with Crippen LogP contribution in [0.4, 0.5) is 4.39 Å². The summed E-state index contributed by atoms with van der Waals surface area (Å²) in [5.41, 5.74) is 0. The number of unbranched alkanes of at least 4 members (excludes halogenated alkanes) is 1. The van der Waals surface area contributed by atoms with Crippen molar-refractivity contribution >= 4 is 15.9 Å². The molecule has 0 amide bonds. The van der Waals surface area contributed by atoms with Gasteiger partial charge < -0.3 is 4.74 Å². The molecule has 3 heteroatoms. The Bertz CT molecular complexity index is 344. The Hall–Kier alpha value is -1.01. The minimum Gasteiger partial charge on any atom is -0.492 e. The first-order valence-corrected chi connectivity index (χ1v) is 5.04. The molecule has 0 spiro atoms. The van der Waals surface area contributed by atoms with Crippen molar-refractivity contribution in [2.24, 2.45) is 0 Å². The normalized spacial score (nSPS) is 9.50. The molecule has 74 valence electrons. The lowest BCUT2D eigenvalue weighted by atomic mass is 10.3. The zero-order chi connectivity index (χ0) is 10.4. The molecule has 0 saturated carbocycles. The van der Waals surface area contributed by atoms with Gasteiger partial charge in [-0.15, -0.1) is 12.3 Å². The molecule has 0 N–H and O–H groups in total. The van der Waals surface area contributed by atoms with Crippen LogP contribution in [0.2, 0.25) is 0 Å². The lowest BCUT2D eigenvalue weighted by Crippen LogP contribution is -1.97. The minimum atomic E-state index is -0.284. The summed E-state index contributed by atoms with van der Waals surface area (Å²) in [6.45, 7) is 0.550. The molecular weight excluding hydrogens is 247 g/mol. The van der Waals surface area contributed by atoms with E-state index in [1.54, 1.807) is 6.07 Å². The highest BCUT2D eigenvalue weighted by Gasteiger charge is 2.01. The van der Waals surface area contributed by atoms with Crippen molar-refractivity contribution in [1.82, 2.24) is 0 Å². The predicted molar refractivity (Wildman–Crippen MR) is 57.7 cm³/mol. The topological polar surface area (TPSA) is 9.23 Å². The SMILES string of the molecule is C#CCCCOc1ccc(F)cc1Br. The maximum absolute atomic E-state index is 12.7. The maximum Gasteiger partial charge on any atom is 0.133 e. The molecule has 14 heavy (non-hydrogen) atoms. The van der Waals surface area contributed by atoms with Gasteiger partial charge in [-0.05, 0) is 40.5 Å². The van der Waals surface area contributed by atoms with Gasteiger partial charge in [0.15, 0.2) is 0 Å². The molecule has 0 heterocycles. The van der Waals surface area contributed by atoms with Crippen LogP contribution < -0.4 is 4.74 Å². The summed E-state index contributed by atoms with van der Waals surface area (Å²) in [5.74, 6) is 2.88. The largest absolute Gasteiger partial charge is 0.492 e. The van der Waals surface area contributed by atoms with Gasteiger partial charge in [0, 0.05) is 6.42 Å². The first-order valence-electron chi connectivity index (χ1n) is 4.25. The summed E-state index contributed by atoms with van der Waals surface area (Å²) < 4.78 is 18.7. The molecule has 0 aliphatic rings. The molecule has 0 radical (unpaired) electrons. The summed E-state index contributed by atoms with van der Waals surface area (Å²) in [4.78, 5) is 0. The third-order valence-corrected chi connectivity index (χ3v) is 2.24. The standard InChI is InChI=1S/C11H10BrFO/c1-2-3-4-7-14-11-6-5-9(13)8-10(11)12/h1,5-6,8H,3-4,7H2. The van der Waals surface area contributed by atoms with E-state index in [0.717, 1.165) is 6.42 Å². The van der Waals surface area contributed by atoms with Crippen LogP contribution in [0.3, 0.4) is 0 Å². The maximum atomic E-state index is 12.7. The molecule has 0 aromatic heterocycles. The number of ether oxygens (including phenoxy) is 1. The average molecular weight is 257 g/mol. The van der Waals surface area contributed by atoms with E-state index in [1.807, 2.05) is 0 Å². The Balaban J connectivity index is 2.47. The van der Waals surface area contributed by atoms with Gasteiger partial charge in [0.1, 0.15) is 11.6 Å². The Kier molecular flexibility index (Phi) is 4.48. The van der Waals surface area contributed by atoms with Crippen LogP contribution in [0.1, 0.15) is 12.8 Å². The summed E-state index contributed by atoms with van der Waals surface area (Å²) in [6.07, 6.45) is 6.59. The fourth-order valence-electron chi connectivity index (χ4n) is 0.949. The number of halogens is 2. The third kappa shape index (κ3) is 3.39. The van der Waals surface area contributed by atoms with E-state index >= 15 is 0 Å². The van der Waals surface area contributed by atoms with Crippen LogP contribution in [-0.2, 0) is 0 Å². The number of hydrogen-bond donors (Lipinski definition) is 0. The summed E-state index contributed by atoms with van der Waals surface area (Å²) in [7, 11) is 0. The molecule has 1 nitrogen and oxygen atoms in total. The highest BCUT2D eigenvalue weighted by molar-refractivity contribution is 9.10. The molecule has 1 aromatic rings. The highest BCUT2D eigenvalue weighted by Crippen LogP contribution is 2.25. The Labute approximate surface area is 91.4 Å². The number of hydrogen-bond acceptors (Lipinski definition) is 1. The average Bonchev–Trinajstić information content (AvgIpc) is 2.15. The third-order valence-electron chi connectivity index (χ3n) is 1.62. The van der Waals surface area contributed by atoms with E-state index in [0.29, 0.717) is 23.2 Å². The second-order valence-electron chi connectivity index (χ2n) is 2.73. The van der Waals surface area contributed by atoms with Gasteiger partial charge in [0.2, 0.25) is 0 Å². The fraction of sp³-hybridized carbons (Fsp3) is 0.273. The Morgan fingerprint density at radius 2 is 2.29 bits per heavy atom. The molecule has 0 atom stereocenters. The Morgan fingerprint density at radius 1 is 1.50 bits per heavy atom. The van der Waals surface area contributed by atoms with Crippen molar-refractivity contribution in [3.05, 3.63) is 28.5 Å². The molecular formula is C11H10BrFO. The first-order chi connectivity index (χ1) is 6.74. The second kappa shape index (κ2) is 5.66. The Morgan fingerprint density at radius 3 is 2.93 bits per heavy atom. The monoisotopic (exact) mass is 256 g/mol. The van der Waals surface area contributed by atoms with Gasteiger partial charge in [-0.2, -0.15) is 0 Å². The lowest BCUT2D eigenvalue weighted by molar-refractivity contribution is 0.310. The first kappa shape index (κ1) is 11.1. The minimum absolute atomic E-state index is 0.284. The van der Waals surface area contributed by atoms with E-state index in [1.165, 1.54) is 12.1 Å². The van der Waals surface area contributed by atoms with Crippen molar-refractivity contribution in [3.63, 3.8) is 0 Å². The van der Waals surface area contributed by atoms with E-state index in [-0.39, 0.29) is 5.82 Å². The van der Waals surface area contributed by atoms with E-state index in [9.17, 15) is 4.39 Å². The molecule has 0 saturated heterocycles. The van der Waals surface area contributed by atoms with E-state index in [4.69, 9.17) is 11.2 Å². The molecule has 0 fully saturated rings. The van der Waals surface area contributed by atoms with Gasteiger partial charge in [0.05, 0.1) is 11.1 Å². The summed E-state index contributed by atoms with van der Waals surface area (Å²) in [6, 6.07) is 4.33. The van der Waals surface area contributed by atoms with Crippen LogP contribution in [0.25, 0.3) is 0 Å². The summed E-state index contributed by atoms with van der Waals surface area (Å²) >= 11 is 3.21. The molecule has 1 aromatic carbocycles. The quantitative estimate of drug-likeness (QED) is 0.593. The number of terminal acetylenes is 1. The van der Waals surface area contributed by atoms with Gasteiger partial charge in [-0.25, -0.2) is 4.39 Å². The van der Waals surface area contributed by atoms with Gasteiger partial charge in [-0.3, -0.25) is 0 Å². The van der Waals surface area contributed by atoms with Crippen molar-refractivity contribution in [2.45, 2.75) is 12.8 Å². The zero-order valence-corrected chi connectivity index (χ0v) is 9.18. The number of benzene rings is 1. The summed E-state index contributed by atoms with van der Waals surface area (Å²) in [5, 5.41) is 0. The molecule has 0 unspecified atom stereocenters. The number of rotatable bonds is 4. The molecule has 0 aliphatic heterocycles. The van der Waals surface area contributed by atoms with Crippen LogP contribution in [-0.4, -0.2) is 6.61 Å². The van der Waals surface area contributed by atoms with Crippen molar-refractivity contribution < 1.29 is 9.13 Å². The van der Waals surface area contributed by atoms with Crippen LogP contribution in [0.5, 0.6) is 5.75 Å².